The van der Waals surface area contributed by atoms with Gasteiger partial charge < -0.3 is 15.5 Å². The van der Waals surface area contributed by atoms with E-state index in [4.69, 9.17) is 0 Å². The van der Waals surface area contributed by atoms with E-state index in [9.17, 15) is 0 Å². The van der Waals surface area contributed by atoms with Gasteiger partial charge in [-0.15, -0.1) is 35.3 Å². The van der Waals surface area contributed by atoms with Crippen molar-refractivity contribution in [2.45, 2.75) is 33.6 Å². The highest BCUT2D eigenvalue weighted by atomic mass is 127. The predicted octanol–water partition coefficient (Wildman–Crippen LogP) is 2.43. The van der Waals surface area contributed by atoms with Gasteiger partial charge in [0.25, 0.3) is 0 Å². The minimum absolute atomic E-state index is 0. The van der Waals surface area contributed by atoms with Crippen LogP contribution in [0.4, 0.5) is 0 Å². The number of nitrogens with zero attached hydrogens (tertiary/aromatic N) is 3. The summed E-state index contributed by atoms with van der Waals surface area (Å²) in [5.74, 6) is 1.64. The van der Waals surface area contributed by atoms with Crippen LogP contribution in [-0.2, 0) is 6.42 Å². The Balaban J connectivity index is 0.00000264. The summed E-state index contributed by atoms with van der Waals surface area (Å²) in [4.78, 5) is 12.7. The molecule has 0 spiro atoms. The summed E-state index contributed by atoms with van der Waals surface area (Å²) in [6.07, 6.45) is 2.24. The molecule has 0 aliphatic carbocycles. The van der Waals surface area contributed by atoms with Crippen molar-refractivity contribution in [3.8, 4) is 0 Å². The van der Waals surface area contributed by atoms with Gasteiger partial charge in [0.2, 0.25) is 0 Å². The lowest BCUT2D eigenvalue weighted by atomic mass is 10.1. The average Bonchev–Trinajstić information content (AvgIpc) is 3.09. The van der Waals surface area contributed by atoms with Gasteiger partial charge in [0.15, 0.2) is 5.96 Å². The van der Waals surface area contributed by atoms with E-state index in [0.717, 1.165) is 43.6 Å². The van der Waals surface area contributed by atoms with Crippen LogP contribution in [0.25, 0.3) is 0 Å². The van der Waals surface area contributed by atoms with Gasteiger partial charge in [-0.25, -0.2) is 4.98 Å². The molecule has 0 saturated carbocycles. The van der Waals surface area contributed by atoms with Crippen molar-refractivity contribution >= 4 is 41.3 Å². The summed E-state index contributed by atoms with van der Waals surface area (Å²) in [5, 5.41) is 8.04. The Morgan fingerprint density at radius 2 is 2.17 bits per heavy atom. The molecule has 1 aromatic heterocycles. The molecule has 1 atom stereocenters. The molecule has 2 N–H and O–H groups in total. The SMILES string of the molecule is CCN1CCC(CNC(=NC)NCCc2nc(C)c(C)s2)C1.I. The van der Waals surface area contributed by atoms with Crippen molar-refractivity contribution in [3.05, 3.63) is 15.6 Å². The fourth-order valence-electron chi connectivity index (χ4n) is 2.76. The van der Waals surface area contributed by atoms with E-state index < -0.39 is 0 Å². The van der Waals surface area contributed by atoms with Crippen LogP contribution in [-0.4, -0.2) is 55.6 Å². The van der Waals surface area contributed by atoms with E-state index in [0.29, 0.717) is 0 Å². The van der Waals surface area contributed by atoms with Crippen LogP contribution < -0.4 is 10.6 Å². The molecule has 1 fully saturated rings. The van der Waals surface area contributed by atoms with Crippen LogP contribution in [0, 0.1) is 19.8 Å². The molecule has 23 heavy (non-hydrogen) atoms. The first-order valence-electron chi connectivity index (χ1n) is 8.22. The number of aryl methyl sites for hydroxylation is 2. The topological polar surface area (TPSA) is 52.5 Å². The van der Waals surface area contributed by atoms with Gasteiger partial charge >= 0.3 is 0 Å². The fraction of sp³-hybridized carbons (Fsp3) is 0.750. The van der Waals surface area contributed by atoms with Gasteiger partial charge in [-0.3, -0.25) is 4.99 Å². The number of likely N-dealkylation sites (tertiary alicyclic amines) is 1. The first kappa shape index (κ1) is 20.6. The lowest BCUT2D eigenvalue weighted by molar-refractivity contribution is 0.342. The zero-order valence-corrected chi connectivity index (χ0v) is 17.8. The van der Waals surface area contributed by atoms with E-state index in [1.807, 2.05) is 7.05 Å². The number of nitrogens with one attached hydrogen (secondary N) is 2. The quantitative estimate of drug-likeness (QED) is 0.397. The van der Waals surface area contributed by atoms with Crippen molar-refractivity contribution in [2.75, 3.05) is 39.8 Å². The van der Waals surface area contributed by atoms with E-state index in [2.05, 4.69) is 46.3 Å². The molecular weight excluding hydrogens is 421 g/mol. The van der Waals surface area contributed by atoms with E-state index in [-0.39, 0.29) is 24.0 Å². The van der Waals surface area contributed by atoms with Crippen LogP contribution in [0.5, 0.6) is 0 Å². The Kier molecular flexibility index (Phi) is 9.38. The third-order valence-corrected chi connectivity index (χ3v) is 5.44. The number of hydrogen-bond donors (Lipinski definition) is 2. The van der Waals surface area contributed by atoms with Gasteiger partial charge in [-0.05, 0) is 39.3 Å². The molecular formula is C16H30IN5S. The maximum absolute atomic E-state index is 4.57. The summed E-state index contributed by atoms with van der Waals surface area (Å²) < 4.78 is 0. The highest BCUT2D eigenvalue weighted by Gasteiger charge is 2.20. The molecule has 0 aromatic carbocycles. The first-order valence-corrected chi connectivity index (χ1v) is 9.03. The molecule has 5 nitrogen and oxygen atoms in total. The summed E-state index contributed by atoms with van der Waals surface area (Å²) in [6, 6.07) is 0. The van der Waals surface area contributed by atoms with Crippen LogP contribution in [0.15, 0.2) is 4.99 Å². The minimum Gasteiger partial charge on any atom is -0.356 e. The number of thiazole rings is 1. The van der Waals surface area contributed by atoms with Crippen molar-refractivity contribution in [3.63, 3.8) is 0 Å². The van der Waals surface area contributed by atoms with Crippen molar-refractivity contribution in [1.29, 1.82) is 0 Å². The van der Waals surface area contributed by atoms with Gasteiger partial charge in [0.05, 0.1) is 10.7 Å². The third kappa shape index (κ3) is 6.54. The van der Waals surface area contributed by atoms with E-state index in [1.54, 1.807) is 11.3 Å². The summed E-state index contributed by atoms with van der Waals surface area (Å²) >= 11 is 1.79. The number of halogens is 1. The second-order valence-electron chi connectivity index (χ2n) is 5.93. The number of guanidine groups is 1. The van der Waals surface area contributed by atoms with Crippen LogP contribution >= 0.6 is 35.3 Å². The van der Waals surface area contributed by atoms with Crippen molar-refractivity contribution < 1.29 is 0 Å². The largest absolute Gasteiger partial charge is 0.356 e. The first-order chi connectivity index (χ1) is 10.6. The summed E-state index contributed by atoms with van der Waals surface area (Å²) in [5.41, 5.74) is 1.16. The molecule has 1 aliphatic heterocycles. The van der Waals surface area contributed by atoms with Crippen molar-refractivity contribution in [1.82, 2.24) is 20.5 Å². The zero-order chi connectivity index (χ0) is 15.9. The summed E-state index contributed by atoms with van der Waals surface area (Å²) in [7, 11) is 1.83. The van der Waals surface area contributed by atoms with Gasteiger partial charge in [0.1, 0.15) is 0 Å². The molecule has 1 unspecified atom stereocenters. The summed E-state index contributed by atoms with van der Waals surface area (Å²) in [6.45, 7) is 11.9. The third-order valence-electron chi connectivity index (χ3n) is 4.30. The number of aliphatic imine (C=N–C) groups is 1. The van der Waals surface area contributed by atoms with Gasteiger partial charge in [0, 0.05) is 38.0 Å². The molecule has 0 radical (unpaired) electrons. The number of rotatable bonds is 6. The second-order valence-corrected chi connectivity index (χ2v) is 7.21. The standard InChI is InChI=1S/C16H29N5S.HI/c1-5-21-9-7-14(11-21)10-19-16(17-4)18-8-6-15-20-12(2)13(3)22-15;/h14H,5-11H2,1-4H3,(H2,17,18,19);1H. The van der Waals surface area contributed by atoms with Crippen LogP contribution in [0.1, 0.15) is 28.9 Å². The highest BCUT2D eigenvalue weighted by Crippen LogP contribution is 2.16. The molecule has 2 heterocycles. The molecule has 7 heteroatoms. The number of aromatic nitrogens is 1. The number of hydrogen-bond acceptors (Lipinski definition) is 4. The maximum Gasteiger partial charge on any atom is 0.191 e. The zero-order valence-electron chi connectivity index (χ0n) is 14.7. The Morgan fingerprint density at radius 1 is 1.39 bits per heavy atom. The normalized spacial score (nSPS) is 18.8. The maximum atomic E-state index is 4.57. The molecule has 2 rings (SSSR count). The lowest BCUT2D eigenvalue weighted by Crippen LogP contribution is -2.41. The average molecular weight is 451 g/mol. The second kappa shape index (κ2) is 10.5. The Hall–Kier alpha value is -0.410. The fourth-order valence-corrected chi connectivity index (χ4v) is 3.70. The molecule has 0 amide bonds. The Bertz CT molecular complexity index is 483. The monoisotopic (exact) mass is 451 g/mol. The van der Waals surface area contributed by atoms with Crippen molar-refractivity contribution in [2.24, 2.45) is 10.9 Å². The van der Waals surface area contributed by atoms with Gasteiger partial charge in [-0.1, -0.05) is 6.92 Å². The van der Waals surface area contributed by atoms with Gasteiger partial charge in [-0.2, -0.15) is 0 Å². The van der Waals surface area contributed by atoms with E-state index >= 15 is 0 Å². The molecule has 1 aromatic rings. The van der Waals surface area contributed by atoms with E-state index in [1.165, 1.54) is 29.4 Å². The highest BCUT2D eigenvalue weighted by molar-refractivity contribution is 14.0. The minimum atomic E-state index is 0. The molecule has 1 saturated heterocycles. The Morgan fingerprint density at radius 3 is 2.74 bits per heavy atom. The predicted molar refractivity (Wildman–Crippen MR) is 110 cm³/mol. The lowest BCUT2D eigenvalue weighted by Gasteiger charge is -2.16. The molecule has 132 valence electrons. The molecule has 1 aliphatic rings. The Labute approximate surface area is 161 Å². The molecule has 0 bridgehead atoms. The van der Waals surface area contributed by atoms with Crippen LogP contribution in [0.3, 0.4) is 0 Å². The smallest absolute Gasteiger partial charge is 0.191 e. The van der Waals surface area contributed by atoms with Crippen LogP contribution in [0.2, 0.25) is 0 Å².